The lowest BCUT2D eigenvalue weighted by Gasteiger charge is -2.29. The molecule has 0 aliphatic heterocycles. The molecule has 1 aliphatic carbocycles. The van der Waals surface area contributed by atoms with E-state index in [2.05, 4.69) is 23.8 Å². The van der Waals surface area contributed by atoms with Gasteiger partial charge in [-0.2, -0.15) is 0 Å². The highest BCUT2D eigenvalue weighted by Gasteiger charge is 2.39. The van der Waals surface area contributed by atoms with Crippen molar-refractivity contribution >= 4 is 11.6 Å². The van der Waals surface area contributed by atoms with Crippen LogP contribution in [0.4, 0.5) is 0 Å². The fourth-order valence-electron chi connectivity index (χ4n) is 2.63. The summed E-state index contributed by atoms with van der Waals surface area (Å²) >= 11 is 0. The van der Waals surface area contributed by atoms with Gasteiger partial charge in [-0.3, -0.25) is 9.59 Å². The van der Waals surface area contributed by atoms with E-state index >= 15 is 0 Å². The molecule has 1 fully saturated rings. The van der Waals surface area contributed by atoms with Crippen LogP contribution in [0.25, 0.3) is 0 Å². The maximum absolute atomic E-state index is 12.3. The van der Waals surface area contributed by atoms with Gasteiger partial charge in [0.15, 0.2) is 0 Å². The lowest BCUT2D eigenvalue weighted by molar-refractivity contribution is -0.134. The highest BCUT2D eigenvalue weighted by atomic mass is 16.2. The van der Waals surface area contributed by atoms with Crippen LogP contribution in [-0.2, 0) is 9.59 Å². The van der Waals surface area contributed by atoms with E-state index in [9.17, 15) is 9.59 Å². The Morgan fingerprint density at radius 1 is 1.11 bits per heavy atom. The summed E-state index contributed by atoms with van der Waals surface area (Å²) in [6, 6.07) is 0. The molecular weight excluding hydrogens is 240 g/mol. The van der Waals surface area contributed by atoms with Crippen LogP contribution in [0.3, 0.4) is 0 Å². The minimum absolute atomic E-state index is 0.0103. The van der Waals surface area contributed by atoms with Crippen molar-refractivity contribution in [1.82, 2.24) is 9.97 Å². The van der Waals surface area contributed by atoms with Crippen LogP contribution in [0.1, 0.15) is 49.6 Å². The van der Waals surface area contributed by atoms with Crippen molar-refractivity contribution < 1.29 is 9.59 Å². The Balaban J connectivity index is 2.34. The molecule has 102 valence electrons. The minimum atomic E-state index is -0.670. The summed E-state index contributed by atoms with van der Waals surface area (Å²) in [6.45, 7) is 7.87. The average Bonchev–Trinajstić information content (AvgIpc) is 2.33. The topological polar surface area (TPSA) is 59.9 Å². The molecule has 0 saturated heterocycles. The first kappa shape index (κ1) is 13.8. The molecule has 0 bridgehead atoms. The van der Waals surface area contributed by atoms with Crippen molar-refractivity contribution in [2.24, 2.45) is 11.8 Å². The summed E-state index contributed by atoms with van der Waals surface area (Å²) in [4.78, 5) is 32.9. The Kier molecular flexibility index (Phi) is 3.78. The second kappa shape index (κ2) is 5.19. The highest BCUT2D eigenvalue weighted by Crippen LogP contribution is 2.34. The van der Waals surface area contributed by atoms with E-state index in [-0.39, 0.29) is 17.5 Å². The molecule has 19 heavy (non-hydrogen) atoms. The average molecular weight is 260 g/mol. The number of nitrogens with zero attached hydrogens (tertiary/aromatic N) is 2. The third-order valence-electron chi connectivity index (χ3n) is 4.16. The molecule has 0 unspecified atom stereocenters. The van der Waals surface area contributed by atoms with Crippen LogP contribution in [-0.4, -0.2) is 21.5 Å². The highest BCUT2D eigenvalue weighted by molar-refractivity contribution is 6.09. The number of ketones is 2. The van der Waals surface area contributed by atoms with Crippen molar-refractivity contribution in [3.8, 4) is 0 Å². The summed E-state index contributed by atoms with van der Waals surface area (Å²) in [5.41, 5.74) is 2.29. The van der Waals surface area contributed by atoms with Crippen LogP contribution in [0.2, 0.25) is 0 Å². The van der Waals surface area contributed by atoms with Gasteiger partial charge in [0.2, 0.25) is 0 Å². The molecule has 1 aromatic heterocycles. The Labute approximate surface area is 113 Å². The minimum Gasteiger partial charge on any atom is -0.298 e. The standard InChI is InChI=1S/C15H20N2O2/c1-8(2)11-5-12(18)14(13(19)6-11)15-9(3)10(4)16-7-17-15/h7-8,11,14H,5-6H2,1-4H3. The first-order valence-electron chi connectivity index (χ1n) is 6.75. The molecule has 4 heteroatoms. The molecule has 0 aromatic carbocycles. The van der Waals surface area contributed by atoms with Crippen molar-refractivity contribution in [2.75, 3.05) is 0 Å². The lowest BCUT2D eigenvalue weighted by atomic mass is 9.73. The molecule has 0 spiro atoms. The Hall–Kier alpha value is -1.58. The van der Waals surface area contributed by atoms with Crippen LogP contribution in [0, 0.1) is 25.7 Å². The number of hydrogen-bond donors (Lipinski definition) is 0. The molecule has 1 aliphatic rings. The number of aryl methyl sites for hydroxylation is 1. The van der Waals surface area contributed by atoms with Gasteiger partial charge >= 0.3 is 0 Å². The first-order chi connectivity index (χ1) is 8.91. The summed E-state index contributed by atoms with van der Waals surface area (Å²) in [7, 11) is 0. The molecule has 0 N–H and O–H groups in total. The molecule has 2 rings (SSSR count). The van der Waals surface area contributed by atoms with E-state index in [4.69, 9.17) is 0 Å². The molecule has 0 atom stereocenters. The van der Waals surface area contributed by atoms with Gasteiger partial charge in [0, 0.05) is 18.5 Å². The van der Waals surface area contributed by atoms with E-state index in [0.29, 0.717) is 24.5 Å². The van der Waals surface area contributed by atoms with Gasteiger partial charge in [-0.25, -0.2) is 9.97 Å². The van der Waals surface area contributed by atoms with E-state index in [0.717, 1.165) is 11.3 Å². The number of hydrogen-bond acceptors (Lipinski definition) is 4. The smallest absolute Gasteiger partial charge is 0.149 e. The van der Waals surface area contributed by atoms with Crippen LogP contribution in [0.15, 0.2) is 6.33 Å². The molecule has 1 saturated carbocycles. The SMILES string of the molecule is Cc1ncnc(C2C(=O)CC(C(C)C)CC2=O)c1C. The summed E-state index contributed by atoms with van der Waals surface area (Å²) in [5, 5.41) is 0. The lowest BCUT2D eigenvalue weighted by Crippen LogP contribution is -2.34. The fourth-order valence-corrected chi connectivity index (χ4v) is 2.63. The second-order valence-corrected chi connectivity index (χ2v) is 5.75. The number of carbonyl (C=O) groups excluding carboxylic acids is 2. The van der Waals surface area contributed by atoms with E-state index in [1.165, 1.54) is 6.33 Å². The normalized spacial score (nSPS) is 24.1. The number of rotatable bonds is 2. The largest absolute Gasteiger partial charge is 0.298 e. The summed E-state index contributed by atoms with van der Waals surface area (Å²) in [5.74, 6) is -0.106. The Morgan fingerprint density at radius 3 is 2.21 bits per heavy atom. The number of carbonyl (C=O) groups is 2. The third-order valence-corrected chi connectivity index (χ3v) is 4.16. The monoisotopic (exact) mass is 260 g/mol. The van der Waals surface area contributed by atoms with Crippen LogP contribution < -0.4 is 0 Å². The van der Waals surface area contributed by atoms with Gasteiger partial charge in [0.1, 0.15) is 23.8 Å². The van der Waals surface area contributed by atoms with E-state index in [1.54, 1.807) is 0 Å². The van der Waals surface area contributed by atoms with Crippen molar-refractivity contribution in [2.45, 2.75) is 46.5 Å². The fraction of sp³-hybridized carbons (Fsp3) is 0.600. The molecular formula is C15H20N2O2. The zero-order valence-electron chi connectivity index (χ0n) is 11.9. The summed E-state index contributed by atoms with van der Waals surface area (Å²) < 4.78 is 0. The molecule has 1 aromatic rings. The number of Topliss-reactive ketones (excluding diaryl/α,β-unsaturated/α-hetero) is 2. The molecule has 4 nitrogen and oxygen atoms in total. The Bertz CT molecular complexity index is 505. The first-order valence-corrected chi connectivity index (χ1v) is 6.75. The van der Waals surface area contributed by atoms with Gasteiger partial charge < -0.3 is 0 Å². The second-order valence-electron chi connectivity index (χ2n) is 5.75. The van der Waals surface area contributed by atoms with Crippen LogP contribution >= 0.6 is 0 Å². The predicted octanol–water partition coefficient (Wildman–Crippen LogP) is 2.38. The predicted molar refractivity (Wildman–Crippen MR) is 71.8 cm³/mol. The quantitative estimate of drug-likeness (QED) is 0.766. The number of aromatic nitrogens is 2. The van der Waals surface area contributed by atoms with Gasteiger partial charge in [-0.1, -0.05) is 13.8 Å². The zero-order valence-corrected chi connectivity index (χ0v) is 11.9. The van der Waals surface area contributed by atoms with Gasteiger partial charge in [-0.05, 0) is 31.2 Å². The molecule has 0 radical (unpaired) electrons. The summed E-state index contributed by atoms with van der Waals surface area (Å²) in [6.07, 6.45) is 2.40. The zero-order chi connectivity index (χ0) is 14.2. The van der Waals surface area contributed by atoms with E-state index < -0.39 is 5.92 Å². The van der Waals surface area contributed by atoms with Gasteiger partial charge in [0.25, 0.3) is 0 Å². The van der Waals surface area contributed by atoms with Crippen molar-refractivity contribution in [3.05, 3.63) is 23.3 Å². The van der Waals surface area contributed by atoms with E-state index in [1.807, 2.05) is 13.8 Å². The third kappa shape index (κ3) is 2.57. The maximum Gasteiger partial charge on any atom is 0.149 e. The van der Waals surface area contributed by atoms with Gasteiger partial charge in [0.05, 0.1) is 5.69 Å². The Morgan fingerprint density at radius 2 is 1.68 bits per heavy atom. The molecule has 0 amide bonds. The molecule has 1 heterocycles. The van der Waals surface area contributed by atoms with Crippen molar-refractivity contribution in [3.63, 3.8) is 0 Å². The van der Waals surface area contributed by atoms with Crippen LogP contribution in [0.5, 0.6) is 0 Å². The van der Waals surface area contributed by atoms with Crippen molar-refractivity contribution in [1.29, 1.82) is 0 Å². The maximum atomic E-state index is 12.3. The van der Waals surface area contributed by atoms with Gasteiger partial charge in [-0.15, -0.1) is 0 Å².